The van der Waals surface area contributed by atoms with E-state index in [2.05, 4.69) is 10.2 Å². The lowest BCUT2D eigenvalue weighted by Gasteiger charge is -2.35. The third kappa shape index (κ3) is 5.93. The first-order chi connectivity index (χ1) is 15.9. The molecule has 2 saturated heterocycles. The third-order valence-corrected chi connectivity index (χ3v) is 6.49. The second-order valence-corrected chi connectivity index (χ2v) is 8.90. The zero-order valence-electron chi connectivity index (χ0n) is 18.4. The van der Waals surface area contributed by atoms with E-state index in [-0.39, 0.29) is 23.8 Å². The van der Waals surface area contributed by atoms with Crippen molar-refractivity contribution in [1.82, 2.24) is 15.1 Å². The molecule has 1 atom stereocenters. The number of amides is 2. The van der Waals surface area contributed by atoms with Gasteiger partial charge in [-0.05, 0) is 67.6 Å². The molecular formula is C25H28F3N3O2. The smallest absolute Gasteiger partial charge is 0.253 e. The molecule has 33 heavy (non-hydrogen) atoms. The van der Waals surface area contributed by atoms with Gasteiger partial charge in [-0.3, -0.25) is 14.5 Å². The molecule has 1 N–H and O–H groups in total. The third-order valence-electron chi connectivity index (χ3n) is 6.49. The van der Waals surface area contributed by atoms with Crippen molar-refractivity contribution in [2.24, 2.45) is 5.92 Å². The van der Waals surface area contributed by atoms with Gasteiger partial charge in [-0.2, -0.15) is 0 Å². The molecule has 2 aliphatic heterocycles. The molecule has 2 amide bonds. The van der Waals surface area contributed by atoms with Crippen LogP contribution >= 0.6 is 0 Å². The summed E-state index contributed by atoms with van der Waals surface area (Å²) in [6.45, 7) is 2.99. The molecular weight excluding hydrogens is 431 g/mol. The minimum atomic E-state index is -0.846. The van der Waals surface area contributed by atoms with Gasteiger partial charge in [-0.15, -0.1) is 0 Å². The Labute approximate surface area is 191 Å². The highest BCUT2D eigenvalue weighted by Crippen LogP contribution is 2.21. The van der Waals surface area contributed by atoms with Crippen molar-refractivity contribution in [3.63, 3.8) is 0 Å². The Bertz CT molecular complexity index is 991. The zero-order valence-corrected chi connectivity index (χ0v) is 18.4. The summed E-state index contributed by atoms with van der Waals surface area (Å²) in [4.78, 5) is 29.4. The van der Waals surface area contributed by atoms with Gasteiger partial charge in [0.15, 0.2) is 11.6 Å². The quantitative estimate of drug-likeness (QED) is 0.741. The Kier molecular flexibility index (Phi) is 7.33. The molecule has 176 valence electrons. The Hall–Kier alpha value is -2.87. The molecule has 2 fully saturated rings. The lowest BCUT2D eigenvalue weighted by molar-refractivity contribution is -0.127. The summed E-state index contributed by atoms with van der Waals surface area (Å²) in [5.41, 5.74) is 1.15. The maximum absolute atomic E-state index is 13.4. The molecule has 0 radical (unpaired) electrons. The van der Waals surface area contributed by atoms with Crippen LogP contribution in [0.25, 0.3) is 0 Å². The van der Waals surface area contributed by atoms with Crippen molar-refractivity contribution < 1.29 is 22.8 Å². The van der Waals surface area contributed by atoms with Crippen molar-refractivity contribution in [3.05, 3.63) is 71.0 Å². The van der Waals surface area contributed by atoms with Crippen molar-refractivity contribution >= 4 is 11.8 Å². The molecule has 2 aliphatic rings. The van der Waals surface area contributed by atoms with Gasteiger partial charge >= 0.3 is 0 Å². The van der Waals surface area contributed by atoms with Crippen LogP contribution in [0.5, 0.6) is 0 Å². The van der Waals surface area contributed by atoms with Crippen LogP contribution in [0.1, 0.15) is 41.6 Å². The van der Waals surface area contributed by atoms with Gasteiger partial charge in [0, 0.05) is 44.3 Å². The summed E-state index contributed by atoms with van der Waals surface area (Å²) in [6, 6.07) is 9.48. The fourth-order valence-corrected chi connectivity index (χ4v) is 4.60. The topological polar surface area (TPSA) is 52.7 Å². The number of rotatable bonds is 5. The van der Waals surface area contributed by atoms with E-state index in [4.69, 9.17) is 0 Å². The molecule has 0 aromatic heterocycles. The Balaban J connectivity index is 1.25. The fourth-order valence-electron chi connectivity index (χ4n) is 4.60. The second kappa shape index (κ2) is 10.4. The predicted octanol–water partition coefficient (Wildman–Crippen LogP) is 3.74. The van der Waals surface area contributed by atoms with E-state index in [1.165, 1.54) is 30.3 Å². The minimum absolute atomic E-state index is 0.0364. The number of carbonyl (C=O) groups is 2. The van der Waals surface area contributed by atoms with Crippen LogP contribution in [-0.2, 0) is 11.3 Å². The predicted molar refractivity (Wildman–Crippen MR) is 118 cm³/mol. The Morgan fingerprint density at radius 2 is 1.64 bits per heavy atom. The molecule has 1 unspecified atom stereocenters. The molecule has 2 aromatic rings. The highest BCUT2D eigenvalue weighted by Gasteiger charge is 2.31. The van der Waals surface area contributed by atoms with E-state index in [1.807, 2.05) is 0 Å². The highest BCUT2D eigenvalue weighted by molar-refractivity contribution is 5.94. The van der Waals surface area contributed by atoms with E-state index in [1.54, 1.807) is 11.0 Å². The monoisotopic (exact) mass is 459 g/mol. The number of nitrogens with zero attached hydrogens (tertiary/aromatic N) is 2. The van der Waals surface area contributed by atoms with Crippen molar-refractivity contribution in [2.45, 2.75) is 38.3 Å². The summed E-state index contributed by atoms with van der Waals surface area (Å²) in [6.07, 6.45) is 3.03. The summed E-state index contributed by atoms with van der Waals surface area (Å²) >= 11 is 0. The van der Waals surface area contributed by atoms with Crippen LogP contribution in [0, 0.1) is 23.4 Å². The van der Waals surface area contributed by atoms with Crippen molar-refractivity contribution in [1.29, 1.82) is 0 Å². The average molecular weight is 460 g/mol. The molecule has 2 aromatic carbocycles. The largest absolute Gasteiger partial charge is 0.353 e. The van der Waals surface area contributed by atoms with Gasteiger partial charge in [0.2, 0.25) is 5.91 Å². The van der Waals surface area contributed by atoms with E-state index in [9.17, 15) is 22.8 Å². The van der Waals surface area contributed by atoms with Gasteiger partial charge < -0.3 is 10.2 Å². The first-order valence-corrected chi connectivity index (χ1v) is 11.4. The second-order valence-electron chi connectivity index (χ2n) is 8.90. The van der Waals surface area contributed by atoms with E-state index in [0.717, 1.165) is 50.4 Å². The van der Waals surface area contributed by atoms with Gasteiger partial charge in [0.05, 0.1) is 5.92 Å². The van der Waals surface area contributed by atoms with E-state index < -0.39 is 17.5 Å². The number of halogens is 3. The lowest BCUT2D eigenvalue weighted by atomic mass is 9.95. The molecule has 8 heteroatoms. The SMILES string of the molecule is O=C(NC1CCN(Cc2ccc(F)c(F)c2)CC1)C1CCCN(C(=O)c2ccc(F)cc2)C1. The van der Waals surface area contributed by atoms with Crippen LogP contribution in [0.15, 0.2) is 42.5 Å². The zero-order chi connectivity index (χ0) is 23.4. The van der Waals surface area contributed by atoms with E-state index in [0.29, 0.717) is 25.2 Å². The van der Waals surface area contributed by atoms with Crippen LogP contribution in [0.3, 0.4) is 0 Å². The average Bonchev–Trinajstić information content (AvgIpc) is 2.83. The van der Waals surface area contributed by atoms with E-state index >= 15 is 0 Å². The molecule has 5 nitrogen and oxygen atoms in total. The van der Waals surface area contributed by atoms with Crippen LogP contribution in [0.2, 0.25) is 0 Å². The van der Waals surface area contributed by atoms with Gasteiger partial charge in [-0.1, -0.05) is 6.07 Å². The number of piperidine rings is 2. The summed E-state index contributed by atoms with van der Waals surface area (Å²) in [5.74, 6) is -2.56. The fraction of sp³-hybridized carbons (Fsp3) is 0.440. The standard InChI is InChI=1S/C25H28F3N3O2/c26-20-6-4-18(5-7-20)25(33)31-11-1-2-19(16-31)24(32)29-21-9-12-30(13-10-21)15-17-3-8-22(27)23(28)14-17/h3-8,14,19,21H,1-2,9-13,15-16H2,(H,29,32). The van der Waals surface area contributed by atoms with Crippen molar-refractivity contribution in [2.75, 3.05) is 26.2 Å². The maximum atomic E-state index is 13.4. The molecule has 0 bridgehead atoms. The minimum Gasteiger partial charge on any atom is -0.353 e. The molecule has 0 spiro atoms. The number of likely N-dealkylation sites (tertiary alicyclic amines) is 2. The summed E-state index contributed by atoms with van der Waals surface area (Å²) in [7, 11) is 0. The molecule has 2 heterocycles. The summed E-state index contributed by atoms with van der Waals surface area (Å²) in [5, 5.41) is 3.13. The molecule has 0 saturated carbocycles. The van der Waals surface area contributed by atoms with Gasteiger partial charge in [0.1, 0.15) is 5.82 Å². The van der Waals surface area contributed by atoms with Crippen LogP contribution in [-0.4, -0.2) is 53.8 Å². The number of benzene rings is 2. The van der Waals surface area contributed by atoms with Gasteiger partial charge in [-0.25, -0.2) is 13.2 Å². The van der Waals surface area contributed by atoms with Crippen LogP contribution in [0.4, 0.5) is 13.2 Å². The number of hydrogen-bond acceptors (Lipinski definition) is 3. The van der Waals surface area contributed by atoms with Gasteiger partial charge in [0.25, 0.3) is 5.91 Å². The Morgan fingerprint density at radius 3 is 2.33 bits per heavy atom. The summed E-state index contributed by atoms with van der Waals surface area (Å²) < 4.78 is 39.7. The number of nitrogens with one attached hydrogen (secondary N) is 1. The van der Waals surface area contributed by atoms with Crippen LogP contribution < -0.4 is 5.32 Å². The number of hydrogen-bond donors (Lipinski definition) is 1. The molecule has 0 aliphatic carbocycles. The van der Waals surface area contributed by atoms with Crippen molar-refractivity contribution in [3.8, 4) is 0 Å². The normalized spacial score (nSPS) is 20.0. The Morgan fingerprint density at radius 1 is 0.909 bits per heavy atom. The lowest BCUT2D eigenvalue weighted by Crippen LogP contribution is -2.50. The number of carbonyl (C=O) groups excluding carboxylic acids is 2. The maximum Gasteiger partial charge on any atom is 0.253 e. The first-order valence-electron chi connectivity index (χ1n) is 11.4. The highest BCUT2D eigenvalue weighted by atomic mass is 19.2. The first kappa shape index (κ1) is 23.3. The molecule has 4 rings (SSSR count).